The van der Waals surface area contributed by atoms with Crippen molar-refractivity contribution in [1.82, 2.24) is 5.32 Å². The summed E-state index contributed by atoms with van der Waals surface area (Å²) in [5.41, 5.74) is -0.730. The second kappa shape index (κ2) is 4.86. The molecule has 90 valence electrons. The average Bonchev–Trinajstić information content (AvgIpc) is 2.86. The first-order chi connectivity index (χ1) is 7.58. The van der Waals surface area contributed by atoms with Gasteiger partial charge in [-0.1, -0.05) is 18.9 Å². The molecule has 0 radical (unpaired) electrons. The van der Waals surface area contributed by atoms with Crippen molar-refractivity contribution in [2.45, 2.75) is 44.8 Å². The van der Waals surface area contributed by atoms with Crippen molar-refractivity contribution in [3.8, 4) is 0 Å². The van der Waals surface area contributed by atoms with Crippen LogP contribution in [-0.4, -0.2) is 17.7 Å². The summed E-state index contributed by atoms with van der Waals surface area (Å²) in [7, 11) is 0. The van der Waals surface area contributed by atoms with Gasteiger partial charge in [-0.05, 0) is 37.6 Å². The van der Waals surface area contributed by atoms with Gasteiger partial charge in [0.05, 0.1) is 0 Å². The fraction of sp³-hybridized carbons (Fsp3) is 0.692. The molecular weight excluding hydrogens is 218 g/mol. The Bertz CT molecular complexity index is 317. The summed E-state index contributed by atoms with van der Waals surface area (Å²) < 4.78 is 0. The van der Waals surface area contributed by atoms with E-state index in [1.165, 1.54) is 19.3 Å². The molecule has 1 aliphatic carbocycles. The maximum Gasteiger partial charge on any atom is 0.108 e. The molecule has 0 aromatic carbocycles. The maximum atomic E-state index is 10.3. The van der Waals surface area contributed by atoms with E-state index in [0.717, 1.165) is 10.8 Å². The van der Waals surface area contributed by atoms with Crippen LogP contribution < -0.4 is 5.32 Å². The summed E-state index contributed by atoms with van der Waals surface area (Å²) in [4.78, 5) is 1.04. The minimum Gasteiger partial charge on any atom is -0.383 e. The Morgan fingerprint density at radius 2 is 2.38 bits per heavy atom. The first kappa shape index (κ1) is 12.1. The van der Waals surface area contributed by atoms with E-state index in [-0.39, 0.29) is 0 Å². The lowest BCUT2D eigenvalue weighted by atomic mass is 10.0. The lowest BCUT2D eigenvalue weighted by molar-refractivity contribution is 0.0576. The first-order valence-electron chi connectivity index (χ1n) is 6.07. The van der Waals surface area contributed by atoms with Crippen LogP contribution in [0.2, 0.25) is 0 Å². The molecular formula is C13H21NOS. The standard InChI is InChI=1S/C13H21NOS/c1-10(8-11-5-6-11)14-9-13(2,15)12-4-3-7-16-12/h3-4,7,10-11,14-15H,5-6,8-9H2,1-2H3. The van der Waals surface area contributed by atoms with Gasteiger partial charge < -0.3 is 10.4 Å². The van der Waals surface area contributed by atoms with Crippen molar-refractivity contribution in [2.24, 2.45) is 5.92 Å². The molecule has 2 nitrogen and oxygen atoms in total. The fourth-order valence-electron chi connectivity index (χ4n) is 1.98. The van der Waals surface area contributed by atoms with Crippen LogP contribution in [0.25, 0.3) is 0 Å². The third kappa shape index (κ3) is 3.30. The van der Waals surface area contributed by atoms with Crippen LogP contribution in [0.4, 0.5) is 0 Å². The highest BCUT2D eigenvalue weighted by Crippen LogP contribution is 2.33. The minimum atomic E-state index is -0.730. The monoisotopic (exact) mass is 239 g/mol. The third-order valence-electron chi connectivity index (χ3n) is 3.23. The normalized spacial score (nSPS) is 21.7. The second-order valence-corrected chi connectivity index (χ2v) is 6.16. The van der Waals surface area contributed by atoms with E-state index in [0.29, 0.717) is 12.6 Å². The number of nitrogens with one attached hydrogen (secondary N) is 1. The second-order valence-electron chi connectivity index (χ2n) is 5.21. The molecule has 0 saturated heterocycles. The Labute approximate surface area is 102 Å². The first-order valence-corrected chi connectivity index (χ1v) is 6.95. The molecule has 0 spiro atoms. The Kier molecular flexibility index (Phi) is 3.67. The molecule has 1 fully saturated rings. The molecule has 1 aliphatic rings. The molecule has 0 amide bonds. The zero-order chi connectivity index (χ0) is 11.6. The van der Waals surface area contributed by atoms with Crippen LogP contribution in [0.3, 0.4) is 0 Å². The van der Waals surface area contributed by atoms with Crippen molar-refractivity contribution in [1.29, 1.82) is 0 Å². The van der Waals surface area contributed by atoms with Crippen LogP contribution in [-0.2, 0) is 5.60 Å². The van der Waals surface area contributed by atoms with Crippen LogP contribution in [0.15, 0.2) is 17.5 Å². The van der Waals surface area contributed by atoms with Gasteiger partial charge in [0.1, 0.15) is 5.60 Å². The smallest absolute Gasteiger partial charge is 0.108 e. The molecule has 2 atom stereocenters. The molecule has 3 heteroatoms. The molecule has 2 unspecified atom stereocenters. The molecule has 1 saturated carbocycles. The highest BCUT2D eigenvalue weighted by atomic mass is 32.1. The molecule has 2 N–H and O–H groups in total. The van der Waals surface area contributed by atoms with Crippen molar-refractivity contribution < 1.29 is 5.11 Å². The summed E-state index contributed by atoms with van der Waals surface area (Å²) in [6, 6.07) is 4.50. The highest BCUT2D eigenvalue weighted by Gasteiger charge is 2.27. The SMILES string of the molecule is CC(CC1CC1)NCC(C)(O)c1cccs1. The predicted octanol–water partition coefficient (Wildman–Crippen LogP) is 2.73. The summed E-state index contributed by atoms with van der Waals surface area (Å²) in [5.74, 6) is 0.939. The van der Waals surface area contributed by atoms with Gasteiger partial charge in [-0.2, -0.15) is 0 Å². The number of rotatable bonds is 6. The number of hydrogen-bond donors (Lipinski definition) is 2. The molecule has 1 aromatic rings. The zero-order valence-corrected chi connectivity index (χ0v) is 10.9. The van der Waals surface area contributed by atoms with Gasteiger partial charge in [-0.25, -0.2) is 0 Å². The Morgan fingerprint density at radius 1 is 1.62 bits per heavy atom. The van der Waals surface area contributed by atoms with Gasteiger partial charge in [0, 0.05) is 17.5 Å². The van der Waals surface area contributed by atoms with Gasteiger partial charge in [0.25, 0.3) is 0 Å². The van der Waals surface area contributed by atoms with Crippen molar-refractivity contribution >= 4 is 11.3 Å². The highest BCUT2D eigenvalue weighted by molar-refractivity contribution is 7.10. The van der Waals surface area contributed by atoms with E-state index >= 15 is 0 Å². The largest absolute Gasteiger partial charge is 0.383 e. The number of aliphatic hydroxyl groups is 1. The Balaban J connectivity index is 1.79. The van der Waals surface area contributed by atoms with Crippen LogP contribution >= 0.6 is 11.3 Å². The average molecular weight is 239 g/mol. The van der Waals surface area contributed by atoms with E-state index in [1.54, 1.807) is 11.3 Å². The lowest BCUT2D eigenvalue weighted by Crippen LogP contribution is -2.39. The third-order valence-corrected chi connectivity index (χ3v) is 4.35. The van der Waals surface area contributed by atoms with Gasteiger partial charge in [-0.15, -0.1) is 11.3 Å². The summed E-state index contributed by atoms with van der Waals surface area (Å²) >= 11 is 1.62. The van der Waals surface area contributed by atoms with Crippen LogP contribution in [0.1, 0.15) is 38.0 Å². The van der Waals surface area contributed by atoms with E-state index < -0.39 is 5.60 Å². The van der Waals surface area contributed by atoms with E-state index in [4.69, 9.17) is 0 Å². The quantitative estimate of drug-likeness (QED) is 0.800. The van der Waals surface area contributed by atoms with E-state index in [1.807, 2.05) is 24.4 Å². The zero-order valence-electron chi connectivity index (χ0n) is 10.1. The maximum absolute atomic E-state index is 10.3. The predicted molar refractivity (Wildman–Crippen MR) is 68.7 cm³/mol. The minimum absolute atomic E-state index is 0.513. The van der Waals surface area contributed by atoms with E-state index in [9.17, 15) is 5.11 Å². The van der Waals surface area contributed by atoms with Gasteiger partial charge in [0.15, 0.2) is 0 Å². The fourth-order valence-corrected chi connectivity index (χ4v) is 2.77. The Morgan fingerprint density at radius 3 is 2.94 bits per heavy atom. The van der Waals surface area contributed by atoms with Gasteiger partial charge >= 0.3 is 0 Å². The van der Waals surface area contributed by atoms with Crippen LogP contribution in [0.5, 0.6) is 0 Å². The lowest BCUT2D eigenvalue weighted by Gasteiger charge is -2.25. The molecule has 0 aliphatic heterocycles. The summed E-state index contributed by atoms with van der Waals surface area (Å²) in [5, 5.41) is 15.8. The Hall–Kier alpha value is -0.380. The number of hydrogen-bond acceptors (Lipinski definition) is 3. The number of thiophene rings is 1. The molecule has 0 bridgehead atoms. The van der Waals surface area contributed by atoms with Crippen molar-refractivity contribution in [3.63, 3.8) is 0 Å². The van der Waals surface area contributed by atoms with Crippen molar-refractivity contribution in [3.05, 3.63) is 22.4 Å². The van der Waals surface area contributed by atoms with E-state index in [2.05, 4.69) is 12.2 Å². The summed E-state index contributed by atoms with van der Waals surface area (Å²) in [6.07, 6.45) is 4.04. The summed E-state index contributed by atoms with van der Waals surface area (Å²) in [6.45, 7) is 4.74. The van der Waals surface area contributed by atoms with Gasteiger partial charge in [0.2, 0.25) is 0 Å². The molecule has 1 heterocycles. The van der Waals surface area contributed by atoms with Gasteiger partial charge in [-0.3, -0.25) is 0 Å². The molecule has 2 rings (SSSR count). The molecule has 16 heavy (non-hydrogen) atoms. The van der Waals surface area contributed by atoms with Crippen molar-refractivity contribution in [2.75, 3.05) is 6.54 Å². The topological polar surface area (TPSA) is 32.3 Å². The van der Waals surface area contributed by atoms with Crippen LogP contribution in [0, 0.1) is 5.92 Å². The molecule has 1 aromatic heterocycles.